The van der Waals surface area contributed by atoms with Gasteiger partial charge in [-0.3, -0.25) is 4.40 Å². The molecular formula is C12H19N3O2S2. The van der Waals surface area contributed by atoms with Crippen LogP contribution in [0.1, 0.15) is 19.0 Å². The lowest BCUT2D eigenvalue weighted by Crippen LogP contribution is -2.37. The van der Waals surface area contributed by atoms with Crippen LogP contribution in [-0.2, 0) is 16.3 Å². The molecule has 0 aliphatic carbocycles. The third-order valence-corrected chi connectivity index (χ3v) is 4.56. The molecule has 2 aromatic heterocycles. The second kappa shape index (κ2) is 6.02. The summed E-state index contributed by atoms with van der Waals surface area (Å²) in [5.41, 5.74) is 0.934. The summed E-state index contributed by atoms with van der Waals surface area (Å²) in [5.74, 6) is 0.151. The summed E-state index contributed by atoms with van der Waals surface area (Å²) in [7, 11) is -2.99. The average Bonchev–Trinajstić information content (AvgIpc) is 2.84. The summed E-state index contributed by atoms with van der Waals surface area (Å²) < 4.78 is 24.9. The van der Waals surface area contributed by atoms with E-state index in [-0.39, 0.29) is 11.8 Å². The van der Waals surface area contributed by atoms with Gasteiger partial charge in [0.15, 0.2) is 4.96 Å². The Bertz CT molecular complexity index is 602. The first kappa shape index (κ1) is 14.5. The lowest BCUT2D eigenvalue weighted by molar-refractivity contribution is 0.527. The third-order valence-electron chi connectivity index (χ3n) is 2.79. The van der Waals surface area contributed by atoms with Crippen LogP contribution < -0.4 is 5.32 Å². The molecule has 106 valence electrons. The van der Waals surface area contributed by atoms with E-state index in [1.807, 2.05) is 22.2 Å². The van der Waals surface area contributed by atoms with E-state index >= 15 is 0 Å². The molecular weight excluding hydrogens is 282 g/mol. The molecule has 0 amide bonds. The van der Waals surface area contributed by atoms with Gasteiger partial charge in [0.25, 0.3) is 0 Å². The fourth-order valence-corrected chi connectivity index (χ4v) is 3.72. The normalized spacial score (nSPS) is 14.0. The minimum atomic E-state index is -2.99. The highest BCUT2D eigenvalue weighted by Crippen LogP contribution is 2.13. The van der Waals surface area contributed by atoms with Crippen LogP contribution in [0, 0.1) is 0 Å². The van der Waals surface area contributed by atoms with E-state index in [9.17, 15) is 8.42 Å². The molecule has 7 heteroatoms. The molecule has 2 heterocycles. The van der Waals surface area contributed by atoms with Gasteiger partial charge in [-0.2, -0.15) is 0 Å². The first-order valence-corrected chi connectivity index (χ1v) is 9.24. The van der Waals surface area contributed by atoms with Gasteiger partial charge in [0.2, 0.25) is 0 Å². The van der Waals surface area contributed by atoms with Gasteiger partial charge in [0.05, 0.1) is 11.4 Å². The molecule has 1 N–H and O–H groups in total. The minimum absolute atomic E-state index is 0.0699. The van der Waals surface area contributed by atoms with Crippen LogP contribution in [0.3, 0.4) is 0 Å². The van der Waals surface area contributed by atoms with Crippen molar-refractivity contribution in [3.8, 4) is 0 Å². The number of thiazole rings is 1. The van der Waals surface area contributed by atoms with Crippen LogP contribution in [0.2, 0.25) is 0 Å². The van der Waals surface area contributed by atoms with E-state index in [0.29, 0.717) is 6.42 Å². The quantitative estimate of drug-likeness (QED) is 0.838. The maximum Gasteiger partial charge on any atom is 0.193 e. The van der Waals surface area contributed by atoms with Gasteiger partial charge >= 0.3 is 0 Å². The Labute approximate surface area is 117 Å². The van der Waals surface area contributed by atoms with E-state index in [1.54, 1.807) is 11.3 Å². The first-order chi connectivity index (χ1) is 8.98. The van der Waals surface area contributed by atoms with Crippen LogP contribution in [-0.4, -0.2) is 42.4 Å². The fourth-order valence-electron chi connectivity index (χ4n) is 2.03. The number of hydrogen-bond acceptors (Lipinski definition) is 5. The van der Waals surface area contributed by atoms with Crippen LogP contribution in [0.25, 0.3) is 4.96 Å². The van der Waals surface area contributed by atoms with E-state index < -0.39 is 9.84 Å². The van der Waals surface area contributed by atoms with E-state index in [2.05, 4.69) is 17.2 Å². The number of fused-ring (bicyclic) bond motifs is 1. The van der Waals surface area contributed by atoms with Gasteiger partial charge in [-0.1, -0.05) is 6.92 Å². The largest absolute Gasteiger partial charge is 0.313 e. The zero-order valence-electron chi connectivity index (χ0n) is 11.2. The predicted octanol–water partition coefficient (Wildman–Crippen LogP) is 1.35. The second-order valence-electron chi connectivity index (χ2n) is 4.77. The summed E-state index contributed by atoms with van der Waals surface area (Å²) in [5, 5.41) is 5.27. The van der Waals surface area contributed by atoms with Crippen molar-refractivity contribution in [2.24, 2.45) is 0 Å². The highest BCUT2D eigenvalue weighted by Gasteiger charge is 2.17. The Hall–Kier alpha value is -0.920. The minimum Gasteiger partial charge on any atom is -0.313 e. The van der Waals surface area contributed by atoms with Crippen molar-refractivity contribution >= 4 is 26.1 Å². The summed E-state index contributed by atoms with van der Waals surface area (Å²) >= 11 is 1.58. The topological polar surface area (TPSA) is 63.5 Å². The van der Waals surface area contributed by atoms with Gasteiger partial charge in [-0.25, -0.2) is 13.4 Å². The molecule has 1 unspecified atom stereocenters. The monoisotopic (exact) mass is 301 g/mol. The molecule has 19 heavy (non-hydrogen) atoms. The predicted molar refractivity (Wildman–Crippen MR) is 78.6 cm³/mol. The Kier molecular flexibility index (Phi) is 4.59. The highest BCUT2D eigenvalue weighted by molar-refractivity contribution is 7.90. The number of sulfone groups is 1. The Morgan fingerprint density at radius 3 is 2.95 bits per heavy atom. The molecule has 0 fully saturated rings. The zero-order chi connectivity index (χ0) is 13.9. The Morgan fingerprint density at radius 2 is 2.32 bits per heavy atom. The average molecular weight is 301 g/mol. The van der Waals surface area contributed by atoms with E-state index in [0.717, 1.165) is 23.6 Å². The van der Waals surface area contributed by atoms with Crippen LogP contribution in [0.5, 0.6) is 0 Å². The summed E-state index contributed by atoms with van der Waals surface area (Å²) in [6, 6.07) is -0.0699. The molecule has 2 aromatic rings. The Morgan fingerprint density at radius 1 is 1.53 bits per heavy atom. The van der Waals surface area contributed by atoms with Crippen molar-refractivity contribution in [2.75, 3.05) is 18.6 Å². The summed E-state index contributed by atoms with van der Waals surface area (Å²) in [6.07, 6.45) is 6.83. The van der Waals surface area contributed by atoms with Crippen molar-refractivity contribution in [2.45, 2.75) is 25.8 Å². The van der Waals surface area contributed by atoms with Gasteiger partial charge < -0.3 is 5.32 Å². The smallest absolute Gasteiger partial charge is 0.193 e. The SMILES string of the molecule is CCCNC(Cc1cn2ccsc2n1)CS(C)(=O)=O. The molecule has 0 saturated heterocycles. The van der Waals surface area contributed by atoms with Crippen molar-refractivity contribution < 1.29 is 8.42 Å². The Balaban J connectivity index is 2.07. The number of aromatic nitrogens is 2. The molecule has 1 atom stereocenters. The molecule has 0 aromatic carbocycles. The van der Waals surface area contributed by atoms with Crippen molar-refractivity contribution in [3.05, 3.63) is 23.5 Å². The van der Waals surface area contributed by atoms with E-state index in [1.165, 1.54) is 6.26 Å². The van der Waals surface area contributed by atoms with Gasteiger partial charge in [0, 0.05) is 36.5 Å². The third kappa shape index (κ3) is 4.29. The molecule has 5 nitrogen and oxygen atoms in total. The molecule has 0 aliphatic heterocycles. The maximum atomic E-state index is 11.5. The molecule has 2 rings (SSSR count). The molecule has 0 aliphatic rings. The number of hydrogen-bond donors (Lipinski definition) is 1. The number of nitrogens with zero attached hydrogens (tertiary/aromatic N) is 2. The first-order valence-electron chi connectivity index (χ1n) is 6.30. The second-order valence-corrected chi connectivity index (χ2v) is 7.83. The van der Waals surface area contributed by atoms with Crippen molar-refractivity contribution in [1.29, 1.82) is 0 Å². The van der Waals surface area contributed by atoms with Gasteiger partial charge in [0.1, 0.15) is 9.84 Å². The van der Waals surface area contributed by atoms with Crippen LogP contribution in [0.15, 0.2) is 17.8 Å². The lowest BCUT2D eigenvalue weighted by atomic mass is 10.2. The maximum absolute atomic E-state index is 11.5. The van der Waals surface area contributed by atoms with Gasteiger partial charge in [-0.05, 0) is 13.0 Å². The van der Waals surface area contributed by atoms with Crippen LogP contribution in [0.4, 0.5) is 0 Å². The van der Waals surface area contributed by atoms with Crippen LogP contribution >= 0.6 is 11.3 Å². The zero-order valence-corrected chi connectivity index (χ0v) is 12.8. The molecule has 0 spiro atoms. The molecule has 0 bridgehead atoms. The number of imidazole rings is 1. The number of rotatable bonds is 7. The lowest BCUT2D eigenvalue weighted by Gasteiger charge is -2.16. The fraction of sp³-hybridized carbons (Fsp3) is 0.583. The molecule has 0 saturated carbocycles. The van der Waals surface area contributed by atoms with Crippen molar-refractivity contribution in [1.82, 2.24) is 14.7 Å². The van der Waals surface area contributed by atoms with Gasteiger partial charge in [-0.15, -0.1) is 11.3 Å². The molecule has 0 radical (unpaired) electrons. The van der Waals surface area contributed by atoms with E-state index in [4.69, 9.17) is 0 Å². The van der Waals surface area contributed by atoms with Crippen molar-refractivity contribution in [3.63, 3.8) is 0 Å². The summed E-state index contributed by atoms with van der Waals surface area (Å²) in [4.78, 5) is 5.45. The highest BCUT2D eigenvalue weighted by atomic mass is 32.2. The summed E-state index contributed by atoms with van der Waals surface area (Å²) in [6.45, 7) is 2.89. The number of nitrogens with one attached hydrogen (secondary N) is 1. The standard InChI is InChI=1S/C12H19N3O2S2/c1-3-4-13-11(9-19(2,16)17)7-10-8-15-5-6-18-12(15)14-10/h5-6,8,11,13H,3-4,7,9H2,1-2H3.